The molecule has 9 heteroatoms. The number of morpholine rings is 1. The molecule has 1 amide bonds. The van der Waals surface area contributed by atoms with Crippen LogP contribution < -0.4 is 9.47 Å². The molecule has 8 nitrogen and oxygen atoms in total. The Labute approximate surface area is 209 Å². The highest BCUT2D eigenvalue weighted by atomic mass is 19.1. The molecule has 4 rings (SSSR count). The zero-order valence-corrected chi connectivity index (χ0v) is 20.7. The summed E-state index contributed by atoms with van der Waals surface area (Å²) in [7, 11) is 1.53. The molecular weight excluding hydrogens is 467 g/mol. The Morgan fingerprint density at radius 3 is 2.56 bits per heavy atom. The molecule has 2 saturated heterocycles. The van der Waals surface area contributed by atoms with Crippen molar-refractivity contribution in [3.63, 3.8) is 0 Å². The number of halogens is 1. The van der Waals surface area contributed by atoms with E-state index in [1.807, 2.05) is 0 Å². The van der Waals surface area contributed by atoms with Gasteiger partial charge in [0.15, 0.2) is 11.6 Å². The first-order valence-electron chi connectivity index (χ1n) is 12.0. The molecule has 1 atom stereocenters. The van der Waals surface area contributed by atoms with Crippen LogP contribution in [0, 0.1) is 5.82 Å². The van der Waals surface area contributed by atoms with Crippen molar-refractivity contribution < 1.29 is 33.3 Å². The first-order valence-corrected chi connectivity index (χ1v) is 12.0. The van der Waals surface area contributed by atoms with Crippen molar-refractivity contribution in [1.82, 2.24) is 9.80 Å². The number of carbonyl (C=O) groups excluding carboxylic acids is 2. The summed E-state index contributed by atoms with van der Waals surface area (Å²) >= 11 is 0. The van der Waals surface area contributed by atoms with E-state index in [1.165, 1.54) is 24.1 Å². The van der Waals surface area contributed by atoms with Gasteiger partial charge in [0, 0.05) is 31.7 Å². The van der Waals surface area contributed by atoms with Crippen molar-refractivity contribution in [3.8, 4) is 11.5 Å². The number of aliphatic hydroxyl groups is 1. The monoisotopic (exact) mass is 498 g/mol. The molecule has 192 valence electrons. The highest BCUT2D eigenvalue weighted by molar-refractivity contribution is 6.46. The lowest BCUT2D eigenvalue weighted by molar-refractivity contribution is -0.140. The van der Waals surface area contributed by atoms with E-state index in [4.69, 9.17) is 14.2 Å². The van der Waals surface area contributed by atoms with Crippen LogP contribution >= 0.6 is 0 Å². The zero-order valence-electron chi connectivity index (χ0n) is 20.7. The molecule has 2 fully saturated rings. The molecule has 0 aliphatic carbocycles. The van der Waals surface area contributed by atoms with E-state index in [9.17, 15) is 19.1 Å². The van der Waals surface area contributed by atoms with Gasteiger partial charge >= 0.3 is 0 Å². The minimum atomic E-state index is -0.851. The van der Waals surface area contributed by atoms with Crippen molar-refractivity contribution >= 4 is 17.4 Å². The number of likely N-dealkylation sites (tertiary alicyclic amines) is 1. The van der Waals surface area contributed by atoms with E-state index >= 15 is 0 Å². The van der Waals surface area contributed by atoms with E-state index in [0.29, 0.717) is 31.1 Å². The minimum Gasteiger partial charge on any atom is -0.507 e. The summed E-state index contributed by atoms with van der Waals surface area (Å²) < 4.78 is 30.9. The highest BCUT2D eigenvalue weighted by Crippen LogP contribution is 2.40. The molecule has 0 unspecified atom stereocenters. The van der Waals surface area contributed by atoms with Crippen molar-refractivity contribution in [1.29, 1.82) is 0 Å². The minimum absolute atomic E-state index is 0.0388. The predicted octanol–water partition coefficient (Wildman–Crippen LogP) is 3.38. The lowest BCUT2D eigenvalue weighted by Crippen LogP contribution is -2.42. The molecule has 36 heavy (non-hydrogen) atoms. The fourth-order valence-corrected chi connectivity index (χ4v) is 4.50. The number of rotatable bonds is 8. The van der Waals surface area contributed by atoms with Gasteiger partial charge in [0.05, 0.1) is 38.0 Å². The number of Topliss-reactive ketones (excluding diaryl/α,β-unsaturated/α-hetero) is 1. The number of carbonyl (C=O) groups is 2. The van der Waals surface area contributed by atoms with Gasteiger partial charge in [-0.25, -0.2) is 4.39 Å². The predicted molar refractivity (Wildman–Crippen MR) is 131 cm³/mol. The van der Waals surface area contributed by atoms with E-state index in [-0.39, 0.29) is 29.5 Å². The molecule has 0 saturated carbocycles. The van der Waals surface area contributed by atoms with Gasteiger partial charge in [-0.2, -0.15) is 0 Å². The van der Waals surface area contributed by atoms with Gasteiger partial charge in [-0.1, -0.05) is 12.1 Å². The molecule has 2 heterocycles. The summed E-state index contributed by atoms with van der Waals surface area (Å²) in [6, 6.07) is 10.1. The van der Waals surface area contributed by atoms with Crippen LogP contribution in [0.4, 0.5) is 4.39 Å². The number of hydrogen-bond donors (Lipinski definition) is 1. The Morgan fingerprint density at radius 2 is 1.89 bits per heavy atom. The second kappa shape index (κ2) is 11.1. The quantitative estimate of drug-likeness (QED) is 0.339. The first kappa shape index (κ1) is 25.7. The van der Waals surface area contributed by atoms with Crippen molar-refractivity contribution in [2.45, 2.75) is 26.0 Å². The summed E-state index contributed by atoms with van der Waals surface area (Å²) in [5.74, 6) is -2.05. The lowest BCUT2D eigenvalue weighted by atomic mass is 9.95. The van der Waals surface area contributed by atoms with Crippen molar-refractivity contribution in [2.75, 3.05) is 46.5 Å². The summed E-state index contributed by atoms with van der Waals surface area (Å²) in [6.07, 6.45) is -0.233. The molecule has 0 spiro atoms. The number of nitrogens with zero attached hydrogens (tertiary/aromatic N) is 2. The Balaban J connectivity index is 1.74. The summed E-state index contributed by atoms with van der Waals surface area (Å²) in [4.78, 5) is 30.0. The second-order valence-electron chi connectivity index (χ2n) is 9.03. The van der Waals surface area contributed by atoms with Crippen LogP contribution in [0.1, 0.15) is 31.0 Å². The fourth-order valence-electron chi connectivity index (χ4n) is 4.50. The van der Waals surface area contributed by atoms with Crippen LogP contribution in [0.3, 0.4) is 0 Å². The zero-order chi connectivity index (χ0) is 25.8. The molecular formula is C27H31FN2O6. The van der Waals surface area contributed by atoms with Gasteiger partial charge in [-0.05, 0) is 49.7 Å². The number of methoxy groups -OCH3 is 1. The van der Waals surface area contributed by atoms with Gasteiger partial charge in [-0.3, -0.25) is 14.5 Å². The number of benzene rings is 2. The number of ketones is 1. The maximum atomic E-state index is 14.7. The molecule has 2 aromatic carbocycles. The average Bonchev–Trinajstić information content (AvgIpc) is 3.13. The molecule has 2 aliphatic rings. The third kappa shape index (κ3) is 5.37. The topological polar surface area (TPSA) is 88.5 Å². The van der Waals surface area contributed by atoms with E-state index in [1.54, 1.807) is 38.1 Å². The molecule has 0 bridgehead atoms. The van der Waals surface area contributed by atoms with Gasteiger partial charge < -0.3 is 24.2 Å². The summed E-state index contributed by atoms with van der Waals surface area (Å²) in [5, 5.41) is 11.2. The number of hydrogen-bond acceptors (Lipinski definition) is 7. The van der Waals surface area contributed by atoms with Gasteiger partial charge in [0.25, 0.3) is 11.7 Å². The van der Waals surface area contributed by atoms with Crippen molar-refractivity contribution in [2.24, 2.45) is 0 Å². The molecule has 0 radical (unpaired) electrons. The smallest absolute Gasteiger partial charge is 0.295 e. The van der Waals surface area contributed by atoms with Gasteiger partial charge in [0.1, 0.15) is 11.5 Å². The third-order valence-electron chi connectivity index (χ3n) is 6.28. The molecule has 2 aromatic rings. The largest absolute Gasteiger partial charge is 0.507 e. The second-order valence-corrected chi connectivity index (χ2v) is 9.03. The highest BCUT2D eigenvalue weighted by Gasteiger charge is 2.46. The molecule has 2 aliphatic heterocycles. The maximum Gasteiger partial charge on any atom is 0.295 e. The number of amides is 1. The fraction of sp³-hybridized carbons (Fsp3) is 0.407. The Morgan fingerprint density at radius 1 is 1.14 bits per heavy atom. The van der Waals surface area contributed by atoms with Gasteiger partial charge in [0.2, 0.25) is 0 Å². The summed E-state index contributed by atoms with van der Waals surface area (Å²) in [5.41, 5.74) is 0.604. The van der Waals surface area contributed by atoms with Gasteiger partial charge in [-0.15, -0.1) is 0 Å². The van der Waals surface area contributed by atoms with E-state index < -0.39 is 29.3 Å². The van der Waals surface area contributed by atoms with Crippen LogP contribution in [-0.4, -0.2) is 79.2 Å². The van der Waals surface area contributed by atoms with E-state index in [0.717, 1.165) is 19.2 Å². The van der Waals surface area contributed by atoms with Crippen LogP contribution in [0.5, 0.6) is 11.5 Å². The summed E-state index contributed by atoms with van der Waals surface area (Å²) in [6.45, 7) is 7.07. The van der Waals surface area contributed by atoms with Crippen LogP contribution in [-0.2, 0) is 14.3 Å². The Kier molecular flexibility index (Phi) is 7.91. The lowest BCUT2D eigenvalue weighted by Gasteiger charge is -2.31. The molecule has 1 N–H and O–H groups in total. The number of aliphatic hydroxyl groups excluding tert-OH is 1. The normalized spacial score (nSPS) is 20.2. The third-order valence-corrected chi connectivity index (χ3v) is 6.28. The SMILES string of the molecule is COc1cccc([C@H]2C(=C(O)c3ccc(OC(C)C)c(F)c3)C(=O)C(=O)N2CCN2CCOCC2)c1. The standard InChI is InChI=1S/C27H31FN2O6/c1-17(2)36-22-8-7-19(16-21(22)28)25(31)23-24(18-5-4-6-20(15-18)34-3)30(27(33)26(23)32)10-9-29-11-13-35-14-12-29/h4-8,15-17,24,31H,9-14H2,1-3H3/t24-/m0/s1. The Hall–Kier alpha value is -3.43. The van der Waals surface area contributed by atoms with Crippen LogP contribution in [0.2, 0.25) is 0 Å². The average molecular weight is 499 g/mol. The maximum absolute atomic E-state index is 14.7. The Bertz CT molecular complexity index is 1160. The number of ether oxygens (including phenoxy) is 3. The molecule has 0 aromatic heterocycles. The van der Waals surface area contributed by atoms with Crippen LogP contribution in [0.15, 0.2) is 48.0 Å². The van der Waals surface area contributed by atoms with E-state index in [2.05, 4.69) is 4.90 Å². The van der Waals surface area contributed by atoms with Crippen molar-refractivity contribution in [3.05, 3.63) is 65.0 Å². The van der Waals surface area contributed by atoms with Crippen LogP contribution in [0.25, 0.3) is 5.76 Å². The first-order chi connectivity index (χ1) is 17.3.